The van der Waals surface area contributed by atoms with Gasteiger partial charge in [-0.25, -0.2) is 4.98 Å². The Morgan fingerprint density at radius 1 is 1.50 bits per heavy atom. The highest BCUT2D eigenvalue weighted by atomic mass is 32.1. The first-order valence-corrected chi connectivity index (χ1v) is 4.80. The number of aromatic nitrogens is 2. The van der Waals surface area contributed by atoms with E-state index < -0.39 is 0 Å². The van der Waals surface area contributed by atoms with Gasteiger partial charge in [0.1, 0.15) is 5.82 Å². The summed E-state index contributed by atoms with van der Waals surface area (Å²) in [7, 11) is 0. The van der Waals surface area contributed by atoms with E-state index in [2.05, 4.69) is 15.3 Å². The highest BCUT2D eigenvalue weighted by molar-refractivity contribution is 7.80. The van der Waals surface area contributed by atoms with Gasteiger partial charge < -0.3 is 10.3 Å². The van der Waals surface area contributed by atoms with E-state index in [0.29, 0.717) is 0 Å². The van der Waals surface area contributed by atoms with E-state index in [0.717, 1.165) is 27.5 Å². The lowest BCUT2D eigenvalue weighted by Gasteiger charge is -2.02. The summed E-state index contributed by atoms with van der Waals surface area (Å²) in [6.45, 7) is 3.80. The molecular weight excluding hydrogens is 194 g/mol. The van der Waals surface area contributed by atoms with Gasteiger partial charge in [0.2, 0.25) is 0 Å². The summed E-state index contributed by atoms with van der Waals surface area (Å²) in [6, 6.07) is 5.95. The van der Waals surface area contributed by atoms with Crippen LogP contribution < -0.4 is 5.32 Å². The lowest BCUT2D eigenvalue weighted by Crippen LogP contribution is -2.02. The van der Waals surface area contributed by atoms with E-state index in [-0.39, 0.29) is 0 Å². The Bertz CT molecular complexity index is 487. The van der Waals surface area contributed by atoms with Gasteiger partial charge in [-0.15, -0.1) is 0 Å². The van der Waals surface area contributed by atoms with Crippen LogP contribution in [0.15, 0.2) is 18.2 Å². The minimum absolute atomic E-state index is 0.764. The molecule has 1 aromatic heterocycles. The first kappa shape index (κ1) is 9.15. The number of fused-ring (bicyclic) bond motifs is 1. The fourth-order valence-electron chi connectivity index (χ4n) is 1.42. The second kappa shape index (κ2) is 3.38. The molecular formula is C10H11N3S. The number of H-pyrrole nitrogens is 1. The molecule has 0 atom stereocenters. The number of nitrogens with one attached hydrogen (secondary N) is 2. The van der Waals surface area contributed by atoms with Crippen molar-refractivity contribution in [3.05, 3.63) is 24.0 Å². The number of imidazole rings is 1. The molecule has 2 aromatic rings. The van der Waals surface area contributed by atoms with Crippen LogP contribution >= 0.6 is 12.2 Å². The van der Waals surface area contributed by atoms with Gasteiger partial charge in [0, 0.05) is 5.69 Å². The molecule has 0 saturated heterocycles. The molecule has 0 aliphatic carbocycles. The molecule has 72 valence electrons. The zero-order chi connectivity index (χ0) is 10.1. The first-order valence-electron chi connectivity index (χ1n) is 4.39. The van der Waals surface area contributed by atoms with Crippen LogP contribution in [0.1, 0.15) is 12.7 Å². The van der Waals surface area contributed by atoms with Crippen LogP contribution in [0.2, 0.25) is 0 Å². The Morgan fingerprint density at radius 2 is 2.29 bits per heavy atom. The van der Waals surface area contributed by atoms with Crippen molar-refractivity contribution in [2.45, 2.75) is 13.8 Å². The van der Waals surface area contributed by atoms with E-state index in [1.807, 2.05) is 32.0 Å². The average molecular weight is 205 g/mol. The van der Waals surface area contributed by atoms with Gasteiger partial charge in [-0.3, -0.25) is 0 Å². The number of aromatic amines is 1. The van der Waals surface area contributed by atoms with Crippen molar-refractivity contribution in [1.29, 1.82) is 0 Å². The topological polar surface area (TPSA) is 40.7 Å². The SMILES string of the molecule is CC(=S)Nc1ccc2nc(C)[nH]c2c1. The van der Waals surface area contributed by atoms with Crippen molar-refractivity contribution in [3.63, 3.8) is 0 Å². The predicted molar refractivity (Wildman–Crippen MR) is 62.7 cm³/mol. The fraction of sp³-hybridized carbons (Fsp3) is 0.200. The largest absolute Gasteiger partial charge is 0.350 e. The summed E-state index contributed by atoms with van der Waals surface area (Å²) < 4.78 is 0. The summed E-state index contributed by atoms with van der Waals surface area (Å²) in [6.07, 6.45) is 0. The second-order valence-corrected chi connectivity index (χ2v) is 3.85. The summed E-state index contributed by atoms with van der Waals surface area (Å²) in [5.41, 5.74) is 3.01. The summed E-state index contributed by atoms with van der Waals surface area (Å²) >= 11 is 4.97. The Hall–Kier alpha value is -1.42. The van der Waals surface area contributed by atoms with Gasteiger partial charge in [0.05, 0.1) is 16.0 Å². The number of benzene rings is 1. The monoisotopic (exact) mass is 205 g/mol. The fourth-order valence-corrected chi connectivity index (χ4v) is 1.54. The Morgan fingerprint density at radius 3 is 3.00 bits per heavy atom. The van der Waals surface area contributed by atoms with Crippen LogP contribution in [-0.2, 0) is 0 Å². The predicted octanol–water partition coefficient (Wildman–Crippen LogP) is 2.63. The van der Waals surface area contributed by atoms with Crippen LogP contribution in [0.25, 0.3) is 11.0 Å². The zero-order valence-electron chi connectivity index (χ0n) is 8.09. The van der Waals surface area contributed by atoms with E-state index in [1.165, 1.54) is 0 Å². The standard InChI is InChI=1S/C10H11N3S/c1-6-11-9-4-3-8(13-7(2)14)5-10(9)12-6/h3-5H,1-2H3,(H,11,12)(H,13,14). The van der Waals surface area contributed by atoms with Gasteiger partial charge in [-0.1, -0.05) is 12.2 Å². The van der Waals surface area contributed by atoms with Crippen LogP contribution in [0.3, 0.4) is 0 Å². The summed E-state index contributed by atoms with van der Waals surface area (Å²) in [5.74, 6) is 0.927. The molecule has 0 spiro atoms. The molecule has 3 nitrogen and oxygen atoms in total. The normalized spacial score (nSPS) is 10.4. The molecule has 4 heteroatoms. The minimum atomic E-state index is 0.764. The van der Waals surface area contributed by atoms with Crippen molar-refractivity contribution in [3.8, 4) is 0 Å². The molecule has 0 saturated carbocycles. The van der Waals surface area contributed by atoms with Crippen molar-refractivity contribution >= 4 is 33.9 Å². The number of nitrogens with zero attached hydrogens (tertiary/aromatic N) is 1. The molecule has 0 aliphatic heterocycles. The van der Waals surface area contributed by atoms with Crippen LogP contribution in [-0.4, -0.2) is 15.0 Å². The second-order valence-electron chi connectivity index (χ2n) is 3.24. The molecule has 1 heterocycles. The van der Waals surface area contributed by atoms with E-state index in [9.17, 15) is 0 Å². The van der Waals surface area contributed by atoms with Crippen molar-refractivity contribution in [2.24, 2.45) is 0 Å². The quantitative estimate of drug-likeness (QED) is 0.703. The van der Waals surface area contributed by atoms with Gasteiger partial charge in [0.15, 0.2) is 0 Å². The van der Waals surface area contributed by atoms with Gasteiger partial charge in [0.25, 0.3) is 0 Å². The molecule has 0 amide bonds. The zero-order valence-corrected chi connectivity index (χ0v) is 8.90. The van der Waals surface area contributed by atoms with Crippen LogP contribution in [0.4, 0.5) is 5.69 Å². The summed E-state index contributed by atoms with van der Waals surface area (Å²) in [5, 5.41) is 3.09. The average Bonchev–Trinajstić information content (AvgIpc) is 2.42. The minimum Gasteiger partial charge on any atom is -0.350 e. The Balaban J connectivity index is 2.45. The smallest absolute Gasteiger partial charge is 0.104 e. The Kier molecular flexibility index (Phi) is 2.21. The third kappa shape index (κ3) is 1.75. The maximum Gasteiger partial charge on any atom is 0.104 e. The van der Waals surface area contributed by atoms with Crippen LogP contribution in [0.5, 0.6) is 0 Å². The molecule has 0 radical (unpaired) electrons. The first-order chi connectivity index (χ1) is 6.65. The number of hydrogen-bond donors (Lipinski definition) is 2. The van der Waals surface area contributed by atoms with Gasteiger partial charge in [-0.2, -0.15) is 0 Å². The highest BCUT2D eigenvalue weighted by Gasteiger charge is 2.00. The number of aryl methyl sites for hydroxylation is 1. The van der Waals surface area contributed by atoms with Crippen LogP contribution in [0, 0.1) is 6.92 Å². The number of rotatable bonds is 1. The number of hydrogen-bond acceptors (Lipinski definition) is 2. The van der Waals surface area contributed by atoms with E-state index in [4.69, 9.17) is 12.2 Å². The summed E-state index contributed by atoms with van der Waals surface area (Å²) in [4.78, 5) is 8.26. The maximum absolute atomic E-state index is 4.97. The maximum atomic E-state index is 4.97. The van der Waals surface area contributed by atoms with Crippen molar-refractivity contribution < 1.29 is 0 Å². The van der Waals surface area contributed by atoms with Crippen molar-refractivity contribution in [2.75, 3.05) is 5.32 Å². The Labute approximate surface area is 87.5 Å². The van der Waals surface area contributed by atoms with Gasteiger partial charge in [-0.05, 0) is 32.0 Å². The molecule has 14 heavy (non-hydrogen) atoms. The lowest BCUT2D eigenvalue weighted by atomic mass is 10.3. The number of thiocarbonyl (C=S) groups is 1. The lowest BCUT2D eigenvalue weighted by molar-refractivity contribution is 1.17. The van der Waals surface area contributed by atoms with Crippen molar-refractivity contribution in [1.82, 2.24) is 9.97 Å². The third-order valence-corrected chi connectivity index (χ3v) is 2.02. The molecule has 0 unspecified atom stereocenters. The molecule has 2 rings (SSSR count). The molecule has 0 aliphatic rings. The highest BCUT2D eigenvalue weighted by Crippen LogP contribution is 2.16. The molecule has 2 N–H and O–H groups in total. The molecule has 1 aromatic carbocycles. The van der Waals surface area contributed by atoms with E-state index >= 15 is 0 Å². The van der Waals surface area contributed by atoms with Gasteiger partial charge >= 0.3 is 0 Å². The van der Waals surface area contributed by atoms with E-state index in [1.54, 1.807) is 0 Å². The molecule has 0 bridgehead atoms. The third-order valence-electron chi connectivity index (χ3n) is 1.92. The number of anilines is 1. The molecule has 0 fully saturated rings.